The number of fused-ring (bicyclic) bond motifs is 1. The van der Waals surface area contributed by atoms with Crippen LogP contribution in [0.15, 0.2) is 35.3 Å². The zero-order valence-electron chi connectivity index (χ0n) is 10.5. The summed E-state index contributed by atoms with van der Waals surface area (Å²) in [6, 6.07) is 6.72. The first-order valence-electron chi connectivity index (χ1n) is 5.96. The Morgan fingerprint density at radius 3 is 2.83 bits per heavy atom. The SMILES string of the molecule is CCC(=O)N(CC)c1cc(=O)n2ccccc2n1. The van der Waals surface area contributed by atoms with E-state index in [4.69, 9.17) is 0 Å². The lowest BCUT2D eigenvalue weighted by molar-refractivity contribution is -0.118. The van der Waals surface area contributed by atoms with Crippen LogP contribution in [0, 0.1) is 0 Å². The summed E-state index contributed by atoms with van der Waals surface area (Å²) in [6.07, 6.45) is 2.05. The molecular formula is C13H15N3O2. The Labute approximate surface area is 105 Å². The molecule has 2 heterocycles. The number of anilines is 1. The summed E-state index contributed by atoms with van der Waals surface area (Å²) in [5, 5.41) is 0. The Balaban J connectivity index is 2.58. The zero-order valence-corrected chi connectivity index (χ0v) is 10.5. The topological polar surface area (TPSA) is 54.7 Å². The number of amides is 1. The van der Waals surface area contributed by atoms with E-state index in [9.17, 15) is 9.59 Å². The molecule has 0 aliphatic rings. The van der Waals surface area contributed by atoms with Gasteiger partial charge >= 0.3 is 0 Å². The molecule has 0 radical (unpaired) electrons. The summed E-state index contributed by atoms with van der Waals surface area (Å²) in [5.41, 5.74) is 0.361. The summed E-state index contributed by atoms with van der Waals surface area (Å²) in [6.45, 7) is 4.16. The van der Waals surface area contributed by atoms with Gasteiger partial charge in [0, 0.05) is 25.2 Å². The lowest BCUT2D eigenvalue weighted by atomic mass is 10.3. The van der Waals surface area contributed by atoms with E-state index < -0.39 is 0 Å². The lowest BCUT2D eigenvalue weighted by Crippen LogP contribution is -2.32. The van der Waals surface area contributed by atoms with E-state index in [0.717, 1.165) is 0 Å². The molecule has 0 spiro atoms. The van der Waals surface area contributed by atoms with Gasteiger partial charge in [0.2, 0.25) is 5.91 Å². The van der Waals surface area contributed by atoms with Crippen LogP contribution in [0.25, 0.3) is 5.65 Å². The molecular weight excluding hydrogens is 230 g/mol. The predicted molar refractivity (Wildman–Crippen MR) is 69.8 cm³/mol. The first kappa shape index (κ1) is 12.3. The molecule has 2 aromatic rings. The molecule has 5 heteroatoms. The Morgan fingerprint density at radius 2 is 2.17 bits per heavy atom. The molecule has 0 atom stereocenters. The number of nitrogens with zero attached hydrogens (tertiary/aromatic N) is 3. The number of aromatic nitrogens is 2. The van der Waals surface area contributed by atoms with Gasteiger partial charge in [0.25, 0.3) is 5.56 Å². The van der Waals surface area contributed by atoms with E-state index in [1.165, 1.54) is 15.4 Å². The van der Waals surface area contributed by atoms with Crippen LogP contribution in [0.5, 0.6) is 0 Å². The molecule has 18 heavy (non-hydrogen) atoms. The molecule has 0 fully saturated rings. The molecule has 1 amide bonds. The number of rotatable bonds is 3. The molecule has 0 aromatic carbocycles. The molecule has 0 aliphatic heterocycles. The van der Waals surface area contributed by atoms with Crippen molar-refractivity contribution in [2.75, 3.05) is 11.4 Å². The second-order valence-corrected chi connectivity index (χ2v) is 3.87. The summed E-state index contributed by atoms with van der Waals surface area (Å²) >= 11 is 0. The predicted octanol–water partition coefficient (Wildman–Crippen LogP) is 1.46. The lowest BCUT2D eigenvalue weighted by Gasteiger charge is -2.19. The maximum absolute atomic E-state index is 11.9. The van der Waals surface area contributed by atoms with E-state index in [2.05, 4.69) is 4.98 Å². The monoisotopic (exact) mass is 245 g/mol. The van der Waals surface area contributed by atoms with Crippen molar-refractivity contribution < 1.29 is 4.79 Å². The third-order valence-corrected chi connectivity index (χ3v) is 2.75. The molecule has 94 valence electrons. The summed E-state index contributed by atoms with van der Waals surface area (Å²) in [4.78, 5) is 29.6. The van der Waals surface area contributed by atoms with Gasteiger partial charge < -0.3 is 0 Å². The van der Waals surface area contributed by atoms with Gasteiger partial charge in [0.1, 0.15) is 11.5 Å². The third kappa shape index (κ3) is 2.11. The first-order valence-corrected chi connectivity index (χ1v) is 5.96. The van der Waals surface area contributed by atoms with Crippen LogP contribution >= 0.6 is 0 Å². The molecule has 0 bridgehead atoms. The van der Waals surface area contributed by atoms with E-state index >= 15 is 0 Å². The number of carbonyl (C=O) groups excluding carboxylic acids is 1. The van der Waals surface area contributed by atoms with Crippen molar-refractivity contribution in [1.29, 1.82) is 0 Å². The minimum absolute atomic E-state index is 0.0373. The second-order valence-electron chi connectivity index (χ2n) is 3.87. The molecule has 0 N–H and O–H groups in total. The van der Waals surface area contributed by atoms with Crippen LogP contribution in [0.3, 0.4) is 0 Å². The number of hydrogen-bond donors (Lipinski definition) is 0. The first-order chi connectivity index (χ1) is 8.67. The van der Waals surface area contributed by atoms with Crippen molar-refractivity contribution in [2.24, 2.45) is 0 Å². The minimum Gasteiger partial charge on any atom is -0.297 e. The molecule has 2 aromatic heterocycles. The largest absolute Gasteiger partial charge is 0.297 e. The highest BCUT2D eigenvalue weighted by Gasteiger charge is 2.14. The quantitative estimate of drug-likeness (QED) is 0.822. The number of hydrogen-bond acceptors (Lipinski definition) is 3. The van der Waals surface area contributed by atoms with Crippen molar-refractivity contribution in [2.45, 2.75) is 20.3 Å². The molecule has 0 saturated carbocycles. The average molecular weight is 245 g/mol. The van der Waals surface area contributed by atoms with Gasteiger partial charge in [-0.3, -0.25) is 18.9 Å². The molecule has 2 rings (SSSR count). The van der Waals surface area contributed by atoms with Crippen LogP contribution in [-0.4, -0.2) is 21.8 Å². The fraction of sp³-hybridized carbons (Fsp3) is 0.308. The van der Waals surface area contributed by atoms with E-state index in [0.29, 0.717) is 24.4 Å². The Morgan fingerprint density at radius 1 is 1.39 bits per heavy atom. The second kappa shape index (κ2) is 5.00. The third-order valence-electron chi connectivity index (χ3n) is 2.75. The van der Waals surface area contributed by atoms with E-state index in [1.54, 1.807) is 25.3 Å². The Bertz CT molecular complexity index is 633. The molecule has 5 nitrogen and oxygen atoms in total. The highest BCUT2D eigenvalue weighted by Crippen LogP contribution is 2.11. The van der Waals surface area contributed by atoms with Crippen molar-refractivity contribution in [3.8, 4) is 0 Å². The normalized spacial score (nSPS) is 10.6. The van der Waals surface area contributed by atoms with Crippen molar-refractivity contribution in [3.05, 3.63) is 40.8 Å². The maximum Gasteiger partial charge on any atom is 0.259 e. The summed E-state index contributed by atoms with van der Waals surface area (Å²) in [5.74, 6) is 0.380. The Hall–Kier alpha value is -2.17. The fourth-order valence-electron chi connectivity index (χ4n) is 1.84. The van der Waals surface area contributed by atoms with Crippen LogP contribution in [0.2, 0.25) is 0 Å². The Kier molecular flexibility index (Phi) is 3.41. The number of pyridine rings is 1. The van der Waals surface area contributed by atoms with Crippen LogP contribution in [-0.2, 0) is 4.79 Å². The van der Waals surface area contributed by atoms with Crippen molar-refractivity contribution in [3.63, 3.8) is 0 Å². The van der Waals surface area contributed by atoms with Crippen LogP contribution < -0.4 is 10.5 Å². The van der Waals surface area contributed by atoms with E-state index in [-0.39, 0.29) is 11.5 Å². The van der Waals surface area contributed by atoms with Crippen molar-refractivity contribution in [1.82, 2.24) is 9.38 Å². The fourth-order valence-corrected chi connectivity index (χ4v) is 1.84. The highest BCUT2D eigenvalue weighted by atomic mass is 16.2. The maximum atomic E-state index is 11.9. The van der Waals surface area contributed by atoms with Gasteiger partial charge in [-0.15, -0.1) is 0 Å². The van der Waals surface area contributed by atoms with Crippen molar-refractivity contribution >= 4 is 17.4 Å². The van der Waals surface area contributed by atoms with Gasteiger partial charge in [-0.1, -0.05) is 13.0 Å². The number of carbonyl (C=O) groups is 1. The van der Waals surface area contributed by atoms with Crippen LogP contribution in [0.1, 0.15) is 20.3 Å². The molecule has 0 unspecified atom stereocenters. The van der Waals surface area contributed by atoms with Crippen LogP contribution in [0.4, 0.5) is 5.82 Å². The smallest absolute Gasteiger partial charge is 0.259 e. The average Bonchev–Trinajstić information content (AvgIpc) is 2.39. The van der Waals surface area contributed by atoms with Gasteiger partial charge in [-0.2, -0.15) is 0 Å². The summed E-state index contributed by atoms with van der Waals surface area (Å²) in [7, 11) is 0. The standard InChI is InChI=1S/C13H15N3O2/c1-3-12(17)15(4-2)11-9-13(18)16-8-6-5-7-10(16)14-11/h5-9H,3-4H2,1-2H3. The van der Waals surface area contributed by atoms with Gasteiger partial charge in [0.05, 0.1) is 0 Å². The van der Waals surface area contributed by atoms with E-state index in [1.807, 2.05) is 13.0 Å². The highest BCUT2D eigenvalue weighted by molar-refractivity contribution is 5.92. The van der Waals surface area contributed by atoms with Gasteiger partial charge in [-0.25, -0.2) is 4.98 Å². The molecule has 0 saturated heterocycles. The van der Waals surface area contributed by atoms with Gasteiger partial charge in [0.15, 0.2) is 0 Å². The minimum atomic E-state index is -0.182. The summed E-state index contributed by atoms with van der Waals surface area (Å²) < 4.78 is 1.45. The van der Waals surface area contributed by atoms with Gasteiger partial charge in [-0.05, 0) is 19.1 Å². The zero-order chi connectivity index (χ0) is 13.1. The molecule has 0 aliphatic carbocycles.